The standard InChI is InChI=1S/C24H30FN7O2/c1-14(2)17-9-28-23(32-11-15(33)12-32)18-10-27-22(8-16(17)18)29-21-4-6-26-24(30-21)31-7-5-20(34-3)19(25)13-31/h4,6,8-10,14-15,19-20,33H,5,7,11-13H2,1-3H3,(H,26,27,29,30)/t19-,20+/m0/s1. The number of nitrogens with one attached hydrogen (secondary N) is 1. The van der Waals surface area contributed by atoms with Gasteiger partial charge in [-0.2, -0.15) is 4.98 Å². The van der Waals surface area contributed by atoms with Crippen molar-refractivity contribution in [2.45, 2.75) is 44.6 Å². The number of rotatable bonds is 6. The summed E-state index contributed by atoms with van der Waals surface area (Å²) in [6.07, 6.45) is 4.22. The molecule has 2 atom stereocenters. The zero-order valence-electron chi connectivity index (χ0n) is 19.6. The number of pyridine rings is 2. The van der Waals surface area contributed by atoms with Crippen molar-refractivity contribution in [2.75, 3.05) is 48.4 Å². The summed E-state index contributed by atoms with van der Waals surface area (Å²) in [6, 6.07) is 3.78. The van der Waals surface area contributed by atoms with Crippen molar-refractivity contribution in [3.05, 3.63) is 36.3 Å². The number of β-amino-alcohol motifs (C(OH)–C–C–N with tert-alkyl or cyclic N) is 1. The first kappa shape index (κ1) is 22.7. The Kier molecular flexibility index (Phi) is 6.18. The summed E-state index contributed by atoms with van der Waals surface area (Å²) in [4.78, 5) is 22.1. The van der Waals surface area contributed by atoms with Crippen LogP contribution in [-0.2, 0) is 4.74 Å². The number of piperidine rings is 1. The lowest BCUT2D eigenvalue weighted by Crippen LogP contribution is -2.51. The Morgan fingerprint density at radius 1 is 1.09 bits per heavy atom. The van der Waals surface area contributed by atoms with E-state index in [4.69, 9.17) is 4.74 Å². The van der Waals surface area contributed by atoms with Gasteiger partial charge in [-0.1, -0.05) is 13.8 Å². The molecule has 10 heteroatoms. The molecule has 2 N–H and O–H groups in total. The van der Waals surface area contributed by atoms with E-state index in [0.29, 0.717) is 43.6 Å². The van der Waals surface area contributed by atoms with E-state index in [1.807, 2.05) is 23.4 Å². The average molecular weight is 468 g/mol. The molecule has 3 aromatic rings. The molecule has 2 fully saturated rings. The van der Waals surface area contributed by atoms with Gasteiger partial charge in [0.05, 0.1) is 18.8 Å². The van der Waals surface area contributed by atoms with Crippen LogP contribution in [0.5, 0.6) is 0 Å². The summed E-state index contributed by atoms with van der Waals surface area (Å²) in [5.74, 6) is 2.85. The zero-order chi connectivity index (χ0) is 23.8. The van der Waals surface area contributed by atoms with Gasteiger partial charge in [-0.3, -0.25) is 0 Å². The van der Waals surface area contributed by atoms with Gasteiger partial charge in [-0.05, 0) is 35.4 Å². The highest BCUT2D eigenvalue weighted by molar-refractivity contribution is 5.96. The fourth-order valence-electron chi connectivity index (χ4n) is 4.58. The SMILES string of the molecule is CO[C@@H]1CCN(c2nccc(Nc3cc4c(C(C)C)cnc(N5CC(O)C5)c4cn3)n2)C[C@@H]1F. The van der Waals surface area contributed by atoms with Crippen molar-refractivity contribution < 1.29 is 14.2 Å². The van der Waals surface area contributed by atoms with Crippen LogP contribution >= 0.6 is 0 Å². The minimum Gasteiger partial charge on any atom is -0.389 e. The highest BCUT2D eigenvalue weighted by atomic mass is 19.1. The van der Waals surface area contributed by atoms with Crippen LogP contribution in [0.15, 0.2) is 30.7 Å². The first-order valence-corrected chi connectivity index (χ1v) is 11.7. The number of hydrogen-bond acceptors (Lipinski definition) is 9. The Morgan fingerprint density at radius 3 is 2.62 bits per heavy atom. The first-order chi connectivity index (χ1) is 16.4. The summed E-state index contributed by atoms with van der Waals surface area (Å²) in [7, 11) is 1.54. The Balaban J connectivity index is 1.41. The summed E-state index contributed by atoms with van der Waals surface area (Å²) in [6.45, 7) is 6.27. The molecule has 180 valence electrons. The molecule has 9 nitrogen and oxygen atoms in total. The van der Waals surface area contributed by atoms with Gasteiger partial charge >= 0.3 is 0 Å². The maximum atomic E-state index is 14.4. The molecular formula is C24H30FN7O2. The number of halogens is 1. The van der Waals surface area contributed by atoms with E-state index in [9.17, 15) is 9.50 Å². The molecule has 0 saturated carbocycles. The zero-order valence-corrected chi connectivity index (χ0v) is 19.6. The van der Waals surface area contributed by atoms with Gasteiger partial charge in [0, 0.05) is 50.7 Å². The van der Waals surface area contributed by atoms with Crippen LogP contribution in [0.3, 0.4) is 0 Å². The van der Waals surface area contributed by atoms with Gasteiger partial charge in [-0.25, -0.2) is 19.3 Å². The van der Waals surface area contributed by atoms with Crippen molar-refractivity contribution in [1.29, 1.82) is 0 Å². The number of anilines is 4. The fraction of sp³-hybridized carbons (Fsp3) is 0.500. The van der Waals surface area contributed by atoms with Gasteiger partial charge < -0.3 is 25.0 Å². The monoisotopic (exact) mass is 467 g/mol. The van der Waals surface area contributed by atoms with Gasteiger partial charge in [-0.15, -0.1) is 0 Å². The van der Waals surface area contributed by atoms with Gasteiger partial charge in [0.1, 0.15) is 23.6 Å². The Hall–Kier alpha value is -3.11. The Bertz CT molecular complexity index is 1170. The second kappa shape index (κ2) is 9.27. The maximum absolute atomic E-state index is 14.4. The normalized spacial score (nSPS) is 21.2. The summed E-state index contributed by atoms with van der Waals surface area (Å²) in [5.41, 5.74) is 1.13. The molecule has 0 bridgehead atoms. The Morgan fingerprint density at radius 2 is 1.91 bits per heavy atom. The van der Waals surface area contributed by atoms with E-state index in [2.05, 4.69) is 44.0 Å². The second-order valence-corrected chi connectivity index (χ2v) is 9.26. The predicted molar refractivity (Wildman–Crippen MR) is 130 cm³/mol. The van der Waals surface area contributed by atoms with E-state index in [1.54, 1.807) is 19.4 Å². The molecule has 2 saturated heterocycles. The van der Waals surface area contributed by atoms with Crippen LogP contribution in [0.2, 0.25) is 0 Å². The average Bonchev–Trinajstić information content (AvgIpc) is 2.81. The Labute approximate surface area is 198 Å². The predicted octanol–water partition coefficient (Wildman–Crippen LogP) is 3.03. The number of aromatic nitrogens is 4. The lowest BCUT2D eigenvalue weighted by atomic mass is 9.98. The van der Waals surface area contributed by atoms with Crippen molar-refractivity contribution in [3.63, 3.8) is 0 Å². The number of ether oxygens (including phenoxy) is 1. The van der Waals surface area contributed by atoms with Crippen molar-refractivity contribution >= 4 is 34.2 Å². The summed E-state index contributed by atoms with van der Waals surface area (Å²) < 4.78 is 19.6. The smallest absolute Gasteiger partial charge is 0.227 e. The highest BCUT2D eigenvalue weighted by Crippen LogP contribution is 2.34. The molecule has 0 amide bonds. The number of hydrogen-bond donors (Lipinski definition) is 2. The minimum absolute atomic E-state index is 0.203. The molecular weight excluding hydrogens is 437 g/mol. The van der Waals surface area contributed by atoms with E-state index in [0.717, 1.165) is 22.2 Å². The third-order valence-corrected chi connectivity index (χ3v) is 6.53. The van der Waals surface area contributed by atoms with Gasteiger partial charge in [0.2, 0.25) is 5.95 Å². The molecule has 0 spiro atoms. The fourth-order valence-corrected chi connectivity index (χ4v) is 4.58. The largest absolute Gasteiger partial charge is 0.389 e. The maximum Gasteiger partial charge on any atom is 0.227 e. The highest BCUT2D eigenvalue weighted by Gasteiger charge is 2.30. The number of fused-ring (bicyclic) bond motifs is 1. The number of nitrogens with zero attached hydrogens (tertiary/aromatic N) is 6. The van der Waals surface area contributed by atoms with E-state index >= 15 is 0 Å². The number of alkyl halides is 1. The lowest BCUT2D eigenvalue weighted by Gasteiger charge is -2.37. The van der Waals surface area contributed by atoms with Crippen LogP contribution in [0.4, 0.5) is 27.8 Å². The second-order valence-electron chi connectivity index (χ2n) is 9.26. The van der Waals surface area contributed by atoms with Crippen molar-refractivity contribution in [2.24, 2.45) is 0 Å². The topological polar surface area (TPSA) is 99.5 Å². The third-order valence-electron chi connectivity index (χ3n) is 6.53. The molecule has 2 aliphatic rings. The molecule has 34 heavy (non-hydrogen) atoms. The van der Waals surface area contributed by atoms with Crippen LogP contribution in [0.1, 0.15) is 31.7 Å². The molecule has 0 aliphatic carbocycles. The van der Waals surface area contributed by atoms with Crippen LogP contribution in [0, 0.1) is 0 Å². The molecule has 0 aromatic carbocycles. The lowest BCUT2D eigenvalue weighted by molar-refractivity contribution is 0.0194. The van der Waals surface area contributed by atoms with Crippen molar-refractivity contribution in [3.8, 4) is 0 Å². The number of aliphatic hydroxyl groups excluding tert-OH is 1. The minimum atomic E-state index is -1.08. The summed E-state index contributed by atoms with van der Waals surface area (Å²) >= 11 is 0. The van der Waals surface area contributed by atoms with Crippen molar-refractivity contribution in [1.82, 2.24) is 19.9 Å². The summed E-state index contributed by atoms with van der Waals surface area (Å²) in [5, 5.41) is 15.0. The van der Waals surface area contributed by atoms with Gasteiger partial charge in [0.15, 0.2) is 0 Å². The quantitative estimate of drug-likeness (QED) is 0.567. The van der Waals surface area contributed by atoms with E-state index in [-0.39, 0.29) is 24.7 Å². The van der Waals surface area contributed by atoms with Gasteiger partial charge in [0.25, 0.3) is 0 Å². The molecule has 5 rings (SSSR count). The third kappa shape index (κ3) is 4.35. The number of aliphatic hydroxyl groups is 1. The molecule has 2 aliphatic heterocycles. The number of methoxy groups -OCH3 is 1. The van der Waals surface area contributed by atoms with E-state index < -0.39 is 6.17 Å². The van der Waals surface area contributed by atoms with Crippen LogP contribution < -0.4 is 15.1 Å². The van der Waals surface area contributed by atoms with E-state index in [1.165, 1.54) is 0 Å². The first-order valence-electron chi connectivity index (χ1n) is 11.7. The molecule has 3 aromatic heterocycles. The molecule has 0 unspecified atom stereocenters. The van der Waals surface area contributed by atoms with Crippen LogP contribution in [-0.4, -0.2) is 76.7 Å². The van der Waals surface area contributed by atoms with Crippen LogP contribution in [0.25, 0.3) is 10.8 Å². The molecule has 5 heterocycles. The molecule has 0 radical (unpaired) electrons.